The number of carbonyl (C=O) groups is 1. The molecule has 0 spiro atoms. The Labute approximate surface area is 178 Å². The largest absolute Gasteiger partial charge is 0.493 e. The van der Waals surface area contributed by atoms with Gasteiger partial charge >= 0.3 is 0 Å². The number of thiazole rings is 1. The van der Waals surface area contributed by atoms with Crippen LogP contribution in [0.2, 0.25) is 0 Å². The third-order valence-corrected chi connectivity index (χ3v) is 5.30. The highest BCUT2D eigenvalue weighted by atomic mass is 32.1. The first-order chi connectivity index (χ1) is 14.7. The molecule has 0 atom stereocenters. The number of methoxy groups -OCH3 is 2. The van der Waals surface area contributed by atoms with Crippen molar-refractivity contribution in [3.63, 3.8) is 0 Å². The molecule has 0 fully saturated rings. The molecule has 0 saturated carbocycles. The van der Waals surface area contributed by atoms with Crippen LogP contribution in [0.5, 0.6) is 17.2 Å². The number of nitrogens with one attached hydrogen (secondary N) is 1. The molecule has 0 bridgehead atoms. The summed E-state index contributed by atoms with van der Waals surface area (Å²) in [7, 11) is 3.18. The van der Waals surface area contributed by atoms with Crippen molar-refractivity contribution in [3.8, 4) is 28.5 Å². The summed E-state index contributed by atoms with van der Waals surface area (Å²) in [6, 6.07) is 19.2. The maximum Gasteiger partial charge on any atom is 0.264 e. The number of ether oxygens (including phenoxy) is 3. The van der Waals surface area contributed by atoms with Gasteiger partial charge in [-0.15, -0.1) is 11.3 Å². The zero-order chi connectivity index (χ0) is 20.9. The average molecular weight is 420 g/mol. The molecule has 4 rings (SSSR count). The van der Waals surface area contributed by atoms with E-state index in [1.165, 1.54) is 11.3 Å². The molecule has 0 unspecified atom stereocenters. The molecular weight excluding hydrogens is 400 g/mol. The summed E-state index contributed by atoms with van der Waals surface area (Å²) in [5.41, 5.74) is 1.61. The number of benzene rings is 3. The van der Waals surface area contributed by atoms with E-state index in [-0.39, 0.29) is 12.5 Å². The van der Waals surface area contributed by atoms with Gasteiger partial charge in [0.25, 0.3) is 5.91 Å². The monoisotopic (exact) mass is 420 g/mol. The molecule has 1 aromatic heterocycles. The lowest BCUT2D eigenvalue weighted by atomic mass is 10.1. The SMILES string of the molecule is COc1ccc(-c2csc(NC(=O)COc3cccc4ccccc34)n2)cc1OC. The number of hydrogen-bond acceptors (Lipinski definition) is 6. The summed E-state index contributed by atoms with van der Waals surface area (Å²) in [6.07, 6.45) is 0. The van der Waals surface area contributed by atoms with E-state index in [1.54, 1.807) is 14.2 Å². The quantitative estimate of drug-likeness (QED) is 0.456. The van der Waals surface area contributed by atoms with Gasteiger partial charge in [-0.25, -0.2) is 4.98 Å². The fraction of sp³-hybridized carbons (Fsp3) is 0.130. The minimum absolute atomic E-state index is 0.0979. The van der Waals surface area contributed by atoms with Gasteiger partial charge in [-0.3, -0.25) is 10.1 Å². The lowest BCUT2D eigenvalue weighted by Crippen LogP contribution is -2.20. The third kappa shape index (κ3) is 4.21. The highest BCUT2D eigenvalue weighted by Crippen LogP contribution is 2.33. The van der Waals surface area contributed by atoms with Crippen molar-refractivity contribution in [1.82, 2.24) is 4.98 Å². The Bertz CT molecular complexity index is 1180. The highest BCUT2D eigenvalue weighted by molar-refractivity contribution is 7.14. The third-order valence-electron chi connectivity index (χ3n) is 4.54. The molecule has 3 aromatic carbocycles. The molecule has 152 valence electrons. The van der Waals surface area contributed by atoms with E-state index in [2.05, 4.69) is 10.3 Å². The summed E-state index contributed by atoms with van der Waals surface area (Å²) in [5, 5.41) is 7.21. The normalized spacial score (nSPS) is 10.6. The van der Waals surface area contributed by atoms with Crippen molar-refractivity contribution in [1.29, 1.82) is 0 Å². The smallest absolute Gasteiger partial charge is 0.264 e. The van der Waals surface area contributed by atoms with Gasteiger partial charge in [0, 0.05) is 16.3 Å². The van der Waals surface area contributed by atoms with Gasteiger partial charge in [-0.1, -0.05) is 36.4 Å². The number of fused-ring (bicyclic) bond motifs is 1. The molecule has 7 heteroatoms. The van der Waals surface area contributed by atoms with Crippen molar-refractivity contribution in [2.24, 2.45) is 0 Å². The molecule has 1 N–H and O–H groups in total. The van der Waals surface area contributed by atoms with Crippen LogP contribution in [0, 0.1) is 0 Å². The highest BCUT2D eigenvalue weighted by Gasteiger charge is 2.12. The van der Waals surface area contributed by atoms with Crippen LogP contribution in [-0.2, 0) is 4.79 Å². The van der Waals surface area contributed by atoms with Crippen LogP contribution in [0.15, 0.2) is 66.0 Å². The second-order valence-corrected chi connectivity index (χ2v) is 7.28. The summed E-state index contributed by atoms with van der Waals surface area (Å²) in [4.78, 5) is 16.8. The number of nitrogens with zero attached hydrogens (tertiary/aromatic N) is 1. The summed E-state index contributed by atoms with van der Waals surface area (Å²) >= 11 is 1.35. The first-order valence-electron chi connectivity index (χ1n) is 9.26. The number of carbonyl (C=O) groups excluding carboxylic acids is 1. The number of rotatable bonds is 7. The van der Waals surface area contributed by atoms with Crippen LogP contribution < -0.4 is 19.5 Å². The van der Waals surface area contributed by atoms with Crippen LogP contribution >= 0.6 is 11.3 Å². The first kappa shape index (κ1) is 19.7. The lowest BCUT2D eigenvalue weighted by molar-refractivity contribution is -0.118. The second kappa shape index (κ2) is 8.84. The molecule has 0 aliphatic rings. The van der Waals surface area contributed by atoms with Gasteiger partial charge in [0.15, 0.2) is 23.2 Å². The molecule has 1 amide bonds. The zero-order valence-corrected chi connectivity index (χ0v) is 17.4. The molecule has 0 saturated heterocycles. The minimum atomic E-state index is -0.267. The van der Waals surface area contributed by atoms with Crippen LogP contribution in [-0.4, -0.2) is 31.7 Å². The maximum absolute atomic E-state index is 12.3. The van der Waals surface area contributed by atoms with Crippen molar-refractivity contribution in [3.05, 3.63) is 66.0 Å². The Balaban J connectivity index is 1.42. The Morgan fingerprint density at radius 1 is 0.967 bits per heavy atom. The number of hydrogen-bond donors (Lipinski definition) is 1. The van der Waals surface area contributed by atoms with Gasteiger partial charge in [-0.2, -0.15) is 0 Å². The van der Waals surface area contributed by atoms with Gasteiger partial charge < -0.3 is 14.2 Å². The fourth-order valence-electron chi connectivity index (χ4n) is 3.08. The standard InChI is InChI=1S/C23H20N2O4S/c1-27-20-11-10-16(12-21(20)28-2)18-14-30-23(24-18)25-22(26)13-29-19-9-5-7-15-6-3-4-8-17(15)19/h3-12,14H,13H2,1-2H3,(H,24,25,26). The van der Waals surface area contributed by atoms with Crippen LogP contribution in [0.3, 0.4) is 0 Å². The number of anilines is 1. The molecule has 0 aliphatic heterocycles. The van der Waals surface area contributed by atoms with Crippen molar-refractivity contribution in [2.75, 3.05) is 26.1 Å². The summed E-state index contributed by atoms with van der Waals surface area (Å²) in [6.45, 7) is -0.0979. The van der Waals surface area contributed by atoms with Crippen molar-refractivity contribution >= 4 is 33.1 Å². The Morgan fingerprint density at radius 3 is 2.60 bits per heavy atom. The molecule has 0 radical (unpaired) electrons. The molecule has 4 aromatic rings. The molecule has 30 heavy (non-hydrogen) atoms. The van der Waals surface area contributed by atoms with E-state index in [1.807, 2.05) is 66.0 Å². The molecule has 0 aliphatic carbocycles. The topological polar surface area (TPSA) is 69.7 Å². The minimum Gasteiger partial charge on any atom is -0.493 e. The van der Waals surface area contributed by atoms with E-state index >= 15 is 0 Å². The lowest BCUT2D eigenvalue weighted by Gasteiger charge is -2.09. The molecular formula is C23H20N2O4S. The van der Waals surface area contributed by atoms with Crippen LogP contribution in [0.1, 0.15) is 0 Å². The summed E-state index contributed by atoms with van der Waals surface area (Å²) in [5.74, 6) is 1.68. The second-order valence-electron chi connectivity index (χ2n) is 6.42. The predicted octanol–water partition coefficient (Wildman–Crippen LogP) is 5.00. The predicted molar refractivity (Wildman–Crippen MR) is 119 cm³/mol. The van der Waals surface area contributed by atoms with E-state index in [0.717, 1.165) is 22.0 Å². The molecule has 6 nitrogen and oxygen atoms in total. The number of amides is 1. The van der Waals surface area contributed by atoms with Crippen molar-refractivity contribution < 1.29 is 19.0 Å². The Morgan fingerprint density at radius 2 is 1.77 bits per heavy atom. The van der Waals surface area contributed by atoms with E-state index < -0.39 is 0 Å². The number of aromatic nitrogens is 1. The Kier molecular flexibility index (Phi) is 5.81. The average Bonchev–Trinajstić information content (AvgIpc) is 3.25. The zero-order valence-electron chi connectivity index (χ0n) is 16.5. The van der Waals surface area contributed by atoms with E-state index in [9.17, 15) is 4.79 Å². The van der Waals surface area contributed by atoms with Crippen molar-refractivity contribution in [2.45, 2.75) is 0 Å². The van der Waals surface area contributed by atoms with Gasteiger partial charge in [0.05, 0.1) is 19.9 Å². The van der Waals surface area contributed by atoms with E-state index in [4.69, 9.17) is 14.2 Å². The van der Waals surface area contributed by atoms with Crippen LogP contribution in [0.4, 0.5) is 5.13 Å². The maximum atomic E-state index is 12.3. The van der Waals surface area contributed by atoms with Gasteiger partial charge in [0.2, 0.25) is 0 Å². The van der Waals surface area contributed by atoms with E-state index in [0.29, 0.717) is 22.4 Å². The fourth-order valence-corrected chi connectivity index (χ4v) is 3.82. The summed E-state index contributed by atoms with van der Waals surface area (Å²) < 4.78 is 16.3. The van der Waals surface area contributed by atoms with Gasteiger partial charge in [0.1, 0.15) is 5.75 Å². The molecule has 1 heterocycles. The van der Waals surface area contributed by atoms with Crippen LogP contribution in [0.25, 0.3) is 22.0 Å². The Hall–Kier alpha value is -3.58. The first-order valence-corrected chi connectivity index (χ1v) is 10.1. The van der Waals surface area contributed by atoms with Gasteiger partial charge in [-0.05, 0) is 29.7 Å².